The molecule has 1 N–H and O–H groups in total. The van der Waals surface area contributed by atoms with Crippen LogP contribution in [0.1, 0.15) is 12.5 Å². The van der Waals surface area contributed by atoms with Crippen molar-refractivity contribution in [2.75, 3.05) is 12.0 Å². The van der Waals surface area contributed by atoms with Crippen LogP contribution in [0.15, 0.2) is 82.8 Å². The van der Waals surface area contributed by atoms with E-state index in [2.05, 4.69) is 15.5 Å². The summed E-state index contributed by atoms with van der Waals surface area (Å²) in [5.41, 5.74) is 4.53. The monoisotopic (exact) mass is 453 g/mol. The quantitative estimate of drug-likeness (QED) is 0.232. The number of hydrogen-bond acceptors (Lipinski definition) is 8. The zero-order chi connectivity index (χ0) is 21.7. The number of hydrogen-bond donors (Lipinski definition) is 1. The molecule has 7 nitrogen and oxygen atoms in total. The van der Waals surface area contributed by atoms with Gasteiger partial charge in [-0.2, -0.15) is 13.5 Å². The Morgan fingerprint density at radius 3 is 2.58 bits per heavy atom. The van der Waals surface area contributed by atoms with E-state index in [4.69, 9.17) is 8.92 Å². The van der Waals surface area contributed by atoms with Crippen molar-refractivity contribution in [2.24, 2.45) is 5.10 Å². The fraction of sp³-hybridized carbons (Fsp3) is 0.0909. The summed E-state index contributed by atoms with van der Waals surface area (Å²) in [6.07, 6.45) is 1.60. The summed E-state index contributed by atoms with van der Waals surface area (Å²) in [5.74, 6) is 0.424. The average molecular weight is 454 g/mol. The predicted octanol–water partition coefficient (Wildman–Crippen LogP) is 4.91. The van der Waals surface area contributed by atoms with Gasteiger partial charge in [0.25, 0.3) is 0 Å². The zero-order valence-electron chi connectivity index (χ0n) is 16.6. The van der Waals surface area contributed by atoms with Crippen molar-refractivity contribution >= 4 is 43.0 Å². The Hall–Kier alpha value is -3.43. The molecule has 0 amide bonds. The fourth-order valence-electron chi connectivity index (χ4n) is 2.78. The van der Waals surface area contributed by atoms with E-state index in [0.29, 0.717) is 23.1 Å². The number of anilines is 1. The zero-order valence-corrected chi connectivity index (χ0v) is 18.2. The van der Waals surface area contributed by atoms with Crippen molar-refractivity contribution in [1.82, 2.24) is 4.98 Å². The van der Waals surface area contributed by atoms with Crippen LogP contribution in [0.3, 0.4) is 0 Å². The maximum absolute atomic E-state index is 12.5. The molecule has 0 unspecified atom stereocenters. The molecule has 4 aromatic rings. The number of nitrogens with zero attached hydrogens (tertiary/aromatic N) is 2. The van der Waals surface area contributed by atoms with Crippen molar-refractivity contribution in [2.45, 2.75) is 11.8 Å². The lowest BCUT2D eigenvalue weighted by Crippen LogP contribution is -2.10. The third-order valence-corrected chi connectivity index (χ3v) is 6.36. The second kappa shape index (κ2) is 9.15. The number of rotatable bonds is 8. The molecule has 0 bridgehead atoms. The minimum Gasteiger partial charge on any atom is -0.490 e. The standard InChI is InChI=1S/C22H19N3O4S2/c1-2-28-20-14-16(15-23-25-22-24-18-10-6-7-11-21(18)30-22)12-13-19(20)29-31(26,27)17-8-4-3-5-9-17/h3-15H,2H2,1H3,(H,24,25). The highest BCUT2D eigenvalue weighted by molar-refractivity contribution is 7.87. The molecule has 1 aromatic heterocycles. The van der Waals surface area contributed by atoms with E-state index in [1.54, 1.807) is 42.6 Å². The van der Waals surface area contributed by atoms with E-state index in [9.17, 15) is 8.42 Å². The van der Waals surface area contributed by atoms with Crippen LogP contribution >= 0.6 is 11.3 Å². The van der Waals surface area contributed by atoms with Gasteiger partial charge in [0.1, 0.15) is 4.90 Å². The molecule has 0 fully saturated rings. The Morgan fingerprint density at radius 2 is 1.81 bits per heavy atom. The highest BCUT2D eigenvalue weighted by Gasteiger charge is 2.19. The van der Waals surface area contributed by atoms with Gasteiger partial charge in [0.15, 0.2) is 11.5 Å². The number of thiazole rings is 1. The number of ether oxygens (including phenoxy) is 1. The molecule has 0 aliphatic carbocycles. The molecule has 0 aliphatic rings. The third-order valence-electron chi connectivity index (χ3n) is 4.17. The summed E-state index contributed by atoms with van der Waals surface area (Å²) in [7, 11) is -3.97. The topological polar surface area (TPSA) is 89.9 Å². The maximum Gasteiger partial charge on any atom is 0.339 e. The highest BCUT2D eigenvalue weighted by Crippen LogP contribution is 2.31. The smallest absolute Gasteiger partial charge is 0.339 e. The lowest BCUT2D eigenvalue weighted by molar-refractivity contribution is 0.327. The van der Waals surface area contributed by atoms with Crippen molar-refractivity contribution in [1.29, 1.82) is 0 Å². The molecule has 1 heterocycles. The molecule has 0 atom stereocenters. The van der Waals surface area contributed by atoms with Gasteiger partial charge in [0, 0.05) is 0 Å². The van der Waals surface area contributed by atoms with Gasteiger partial charge >= 0.3 is 10.1 Å². The number of benzene rings is 3. The van der Waals surface area contributed by atoms with Gasteiger partial charge in [-0.25, -0.2) is 4.98 Å². The first-order valence-corrected chi connectivity index (χ1v) is 11.7. The summed E-state index contributed by atoms with van der Waals surface area (Å²) < 4.78 is 37.0. The fourth-order valence-corrected chi connectivity index (χ4v) is 4.55. The number of para-hydroxylation sites is 1. The second-order valence-corrected chi connectivity index (χ2v) is 8.92. The Balaban J connectivity index is 1.51. The van der Waals surface area contributed by atoms with E-state index in [1.165, 1.54) is 23.5 Å². The average Bonchev–Trinajstić information content (AvgIpc) is 3.19. The van der Waals surface area contributed by atoms with Crippen molar-refractivity contribution < 1.29 is 17.3 Å². The number of aromatic nitrogens is 1. The highest BCUT2D eigenvalue weighted by atomic mass is 32.2. The van der Waals surface area contributed by atoms with Gasteiger partial charge in [-0.05, 0) is 55.0 Å². The summed E-state index contributed by atoms with van der Waals surface area (Å²) in [6.45, 7) is 2.16. The van der Waals surface area contributed by atoms with E-state index < -0.39 is 10.1 Å². The molecule has 0 saturated heterocycles. The van der Waals surface area contributed by atoms with Gasteiger partial charge in [-0.1, -0.05) is 41.7 Å². The summed E-state index contributed by atoms with van der Waals surface area (Å²) in [6, 6.07) is 20.7. The molecular formula is C22H19N3O4S2. The Kier molecular flexibility index (Phi) is 6.15. The minimum atomic E-state index is -3.97. The molecule has 158 valence electrons. The lowest BCUT2D eigenvalue weighted by Gasteiger charge is -2.12. The van der Waals surface area contributed by atoms with E-state index in [-0.39, 0.29) is 10.6 Å². The van der Waals surface area contributed by atoms with Crippen molar-refractivity contribution in [3.63, 3.8) is 0 Å². The van der Waals surface area contributed by atoms with E-state index >= 15 is 0 Å². The predicted molar refractivity (Wildman–Crippen MR) is 123 cm³/mol. The molecule has 0 saturated carbocycles. The lowest BCUT2D eigenvalue weighted by atomic mass is 10.2. The Bertz CT molecular complexity index is 1290. The second-order valence-electron chi connectivity index (χ2n) is 6.35. The molecular weight excluding hydrogens is 434 g/mol. The molecule has 4 rings (SSSR count). The minimum absolute atomic E-state index is 0.0723. The van der Waals surface area contributed by atoms with Gasteiger partial charge in [0.2, 0.25) is 5.13 Å². The van der Waals surface area contributed by atoms with E-state index in [0.717, 1.165) is 10.2 Å². The molecule has 0 spiro atoms. The summed E-state index contributed by atoms with van der Waals surface area (Å²) in [5, 5.41) is 4.90. The molecule has 0 radical (unpaired) electrons. The van der Waals surface area contributed by atoms with Crippen LogP contribution in [0, 0.1) is 0 Å². The Labute approximate surface area is 184 Å². The normalized spacial score (nSPS) is 11.6. The molecule has 3 aromatic carbocycles. The molecule has 31 heavy (non-hydrogen) atoms. The van der Waals surface area contributed by atoms with Crippen LogP contribution in [0.4, 0.5) is 5.13 Å². The number of fused-ring (bicyclic) bond motifs is 1. The third kappa shape index (κ3) is 5.01. The van der Waals surface area contributed by atoms with Gasteiger partial charge in [-0.3, -0.25) is 5.43 Å². The van der Waals surface area contributed by atoms with Crippen LogP contribution in [0.5, 0.6) is 11.5 Å². The first kappa shape index (κ1) is 20.8. The number of nitrogens with one attached hydrogen (secondary N) is 1. The largest absolute Gasteiger partial charge is 0.490 e. The van der Waals surface area contributed by atoms with Crippen LogP contribution in [-0.4, -0.2) is 26.2 Å². The first-order chi connectivity index (χ1) is 15.0. The summed E-state index contributed by atoms with van der Waals surface area (Å²) >= 11 is 1.50. The van der Waals surface area contributed by atoms with Gasteiger partial charge < -0.3 is 8.92 Å². The van der Waals surface area contributed by atoms with Crippen LogP contribution < -0.4 is 14.3 Å². The first-order valence-electron chi connectivity index (χ1n) is 9.46. The van der Waals surface area contributed by atoms with Crippen LogP contribution in [0.2, 0.25) is 0 Å². The van der Waals surface area contributed by atoms with Crippen molar-refractivity contribution in [3.05, 3.63) is 78.4 Å². The number of hydrazone groups is 1. The SMILES string of the molecule is CCOc1cc(C=NNc2nc3ccccc3s2)ccc1OS(=O)(=O)c1ccccc1. The van der Waals surface area contributed by atoms with E-state index in [1.807, 2.05) is 31.2 Å². The van der Waals surface area contributed by atoms with Crippen molar-refractivity contribution in [3.8, 4) is 11.5 Å². The van der Waals surface area contributed by atoms with Gasteiger partial charge in [0.05, 0.1) is 23.0 Å². The molecule has 0 aliphatic heterocycles. The van der Waals surface area contributed by atoms with Crippen LogP contribution in [0.25, 0.3) is 10.2 Å². The summed E-state index contributed by atoms with van der Waals surface area (Å²) in [4.78, 5) is 4.53. The maximum atomic E-state index is 12.5. The Morgan fingerprint density at radius 1 is 1.03 bits per heavy atom. The molecule has 9 heteroatoms. The van der Waals surface area contributed by atoms with Gasteiger partial charge in [-0.15, -0.1) is 0 Å². The van der Waals surface area contributed by atoms with Crippen LogP contribution in [-0.2, 0) is 10.1 Å².